The molecule has 5 nitrogen and oxygen atoms in total. The van der Waals surface area contributed by atoms with E-state index in [0.29, 0.717) is 12.6 Å². The lowest BCUT2D eigenvalue weighted by Gasteiger charge is -2.29. The number of rotatable bonds is 4. The number of amides is 1. The van der Waals surface area contributed by atoms with E-state index in [-0.39, 0.29) is 11.9 Å². The van der Waals surface area contributed by atoms with Gasteiger partial charge in [-0.3, -0.25) is 14.4 Å². The molecule has 2 atom stereocenters. The van der Waals surface area contributed by atoms with Crippen molar-refractivity contribution in [2.75, 3.05) is 19.6 Å². The Hall–Kier alpha value is -1.66. The summed E-state index contributed by atoms with van der Waals surface area (Å²) in [7, 11) is 1.95. The first-order chi connectivity index (χ1) is 11.7. The zero-order chi connectivity index (χ0) is 16.5. The van der Waals surface area contributed by atoms with E-state index in [1.54, 1.807) is 11.3 Å². The van der Waals surface area contributed by atoms with Crippen molar-refractivity contribution in [1.29, 1.82) is 0 Å². The van der Waals surface area contributed by atoms with Crippen molar-refractivity contribution in [3.8, 4) is 0 Å². The van der Waals surface area contributed by atoms with Gasteiger partial charge >= 0.3 is 0 Å². The maximum absolute atomic E-state index is 13.0. The van der Waals surface area contributed by atoms with Crippen molar-refractivity contribution in [2.45, 2.75) is 37.8 Å². The fourth-order valence-corrected chi connectivity index (χ4v) is 4.99. The molecule has 128 valence electrons. The molecule has 2 fully saturated rings. The molecule has 2 aromatic heterocycles. The summed E-state index contributed by atoms with van der Waals surface area (Å²) in [6.45, 7) is 2.43. The molecule has 0 aliphatic carbocycles. The van der Waals surface area contributed by atoms with Crippen LogP contribution in [0.25, 0.3) is 0 Å². The van der Waals surface area contributed by atoms with Gasteiger partial charge in [-0.2, -0.15) is 5.10 Å². The second kappa shape index (κ2) is 6.69. The first-order valence-corrected chi connectivity index (χ1v) is 9.66. The Morgan fingerprint density at radius 1 is 1.29 bits per heavy atom. The molecular formula is C18H24N4OS. The smallest absolute Gasteiger partial charge is 0.237 e. The number of nitrogens with zero attached hydrogens (tertiary/aromatic N) is 4. The van der Waals surface area contributed by atoms with E-state index in [0.717, 1.165) is 38.8 Å². The third kappa shape index (κ3) is 3.00. The van der Waals surface area contributed by atoms with E-state index in [2.05, 4.69) is 38.6 Å². The number of aromatic nitrogens is 2. The van der Waals surface area contributed by atoms with Crippen molar-refractivity contribution < 1.29 is 4.79 Å². The molecule has 1 amide bonds. The van der Waals surface area contributed by atoms with E-state index in [9.17, 15) is 4.79 Å². The molecule has 0 spiro atoms. The van der Waals surface area contributed by atoms with Crippen LogP contribution >= 0.6 is 11.3 Å². The molecule has 6 heteroatoms. The Kier molecular flexibility index (Phi) is 4.41. The molecule has 0 saturated carbocycles. The average molecular weight is 344 g/mol. The summed E-state index contributed by atoms with van der Waals surface area (Å²) in [5.41, 5.74) is 1.24. The Morgan fingerprint density at radius 2 is 2.12 bits per heavy atom. The third-order valence-corrected chi connectivity index (χ3v) is 6.23. The maximum atomic E-state index is 13.0. The van der Waals surface area contributed by atoms with Gasteiger partial charge in [0.05, 0.1) is 18.8 Å². The van der Waals surface area contributed by atoms with Crippen LogP contribution in [0.15, 0.2) is 29.9 Å². The predicted molar refractivity (Wildman–Crippen MR) is 94.8 cm³/mol. The van der Waals surface area contributed by atoms with Crippen LogP contribution in [0.5, 0.6) is 0 Å². The Bertz CT molecular complexity index is 696. The number of likely N-dealkylation sites (tertiary alicyclic amines) is 2. The average Bonchev–Trinajstić information content (AvgIpc) is 3.34. The van der Waals surface area contributed by atoms with Crippen LogP contribution < -0.4 is 0 Å². The Morgan fingerprint density at radius 3 is 2.88 bits per heavy atom. The predicted octanol–water partition coefficient (Wildman–Crippen LogP) is 2.98. The van der Waals surface area contributed by atoms with Gasteiger partial charge in [0.1, 0.15) is 0 Å². The van der Waals surface area contributed by atoms with Crippen molar-refractivity contribution in [3.05, 3.63) is 40.3 Å². The molecule has 24 heavy (non-hydrogen) atoms. The fourth-order valence-electron chi connectivity index (χ4n) is 4.11. The van der Waals surface area contributed by atoms with Crippen LogP contribution in [-0.2, 0) is 11.8 Å². The second-order valence-corrected chi connectivity index (χ2v) is 7.82. The highest BCUT2D eigenvalue weighted by molar-refractivity contribution is 7.10. The van der Waals surface area contributed by atoms with Gasteiger partial charge in [0, 0.05) is 36.3 Å². The van der Waals surface area contributed by atoms with Crippen molar-refractivity contribution in [1.82, 2.24) is 19.6 Å². The molecule has 2 aliphatic heterocycles. The summed E-state index contributed by atoms with van der Waals surface area (Å²) in [4.78, 5) is 18.7. The number of carbonyl (C=O) groups is 1. The number of thiophene rings is 1. The monoisotopic (exact) mass is 344 g/mol. The molecule has 0 N–H and O–H groups in total. The lowest BCUT2D eigenvalue weighted by molar-refractivity contribution is -0.133. The number of hydrogen-bond donors (Lipinski definition) is 0. The topological polar surface area (TPSA) is 41.4 Å². The molecule has 0 bridgehead atoms. The van der Waals surface area contributed by atoms with Gasteiger partial charge in [0.25, 0.3) is 0 Å². The van der Waals surface area contributed by atoms with Crippen molar-refractivity contribution in [2.24, 2.45) is 7.05 Å². The van der Waals surface area contributed by atoms with Crippen LogP contribution in [0.2, 0.25) is 0 Å². The summed E-state index contributed by atoms with van der Waals surface area (Å²) >= 11 is 1.77. The lowest BCUT2D eigenvalue weighted by Crippen LogP contribution is -2.39. The highest BCUT2D eigenvalue weighted by Crippen LogP contribution is 2.36. The first kappa shape index (κ1) is 15.8. The Balaban J connectivity index is 1.45. The standard InChI is InChI=1S/C18H24N4OS/c1-20-12-14(11-19-20)15-5-2-8-21(15)13-18(23)22-9-3-6-16(22)17-7-4-10-24-17/h4,7,10-12,15-16H,2-3,5-6,8-9,13H2,1H3/t15-,16-/m0/s1. The maximum Gasteiger partial charge on any atom is 0.237 e. The van der Waals surface area contributed by atoms with Gasteiger partial charge in [-0.15, -0.1) is 11.3 Å². The number of hydrogen-bond acceptors (Lipinski definition) is 4. The van der Waals surface area contributed by atoms with Crippen LogP contribution in [0.4, 0.5) is 0 Å². The van der Waals surface area contributed by atoms with E-state index < -0.39 is 0 Å². The zero-order valence-electron chi connectivity index (χ0n) is 14.1. The van der Waals surface area contributed by atoms with Crippen LogP contribution in [0.1, 0.15) is 48.2 Å². The summed E-state index contributed by atoms with van der Waals surface area (Å²) in [5, 5.41) is 6.40. The minimum absolute atomic E-state index is 0.279. The highest BCUT2D eigenvalue weighted by atomic mass is 32.1. The van der Waals surface area contributed by atoms with E-state index in [1.807, 2.05) is 17.9 Å². The Labute approximate surface area is 146 Å². The molecule has 0 aromatic carbocycles. The summed E-state index contributed by atoms with van der Waals surface area (Å²) in [6, 6.07) is 4.87. The molecule has 2 aromatic rings. The largest absolute Gasteiger partial charge is 0.334 e. The molecule has 0 radical (unpaired) electrons. The second-order valence-electron chi connectivity index (χ2n) is 6.84. The van der Waals surface area contributed by atoms with Crippen molar-refractivity contribution >= 4 is 17.2 Å². The molecule has 2 saturated heterocycles. The van der Waals surface area contributed by atoms with Gasteiger partial charge in [0.2, 0.25) is 5.91 Å². The van der Waals surface area contributed by atoms with Crippen LogP contribution in [-0.4, -0.2) is 45.1 Å². The third-order valence-electron chi connectivity index (χ3n) is 5.26. The summed E-state index contributed by atoms with van der Waals surface area (Å²) in [5.74, 6) is 0.279. The van der Waals surface area contributed by atoms with Gasteiger partial charge in [0.15, 0.2) is 0 Å². The normalized spacial score (nSPS) is 24.8. The van der Waals surface area contributed by atoms with Crippen LogP contribution in [0.3, 0.4) is 0 Å². The zero-order valence-corrected chi connectivity index (χ0v) is 14.9. The van der Waals surface area contributed by atoms with Gasteiger partial charge in [-0.05, 0) is 43.7 Å². The van der Waals surface area contributed by atoms with E-state index in [1.165, 1.54) is 10.4 Å². The molecule has 4 heterocycles. The van der Waals surface area contributed by atoms with Crippen LogP contribution in [0, 0.1) is 0 Å². The molecular weight excluding hydrogens is 320 g/mol. The quantitative estimate of drug-likeness (QED) is 0.856. The van der Waals surface area contributed by atoms with E-state index >= 15 is 0 Å². The molecule has 0 unspecified atom stereocenters. The summed E-state index contributed by atoms with van der Waals surface area (Å²) in [6.07, 6.45) is 8.50. The van der Waals surface area contributed by atoms with Crippen molar-refractivity contribution in [3.63, 3.8) is 0 Å². The van der Waals surface area contributed by atoms with Gasteiger partial charge in [-0.25, -0.2) is 0 Å². The number of carbonyl (C=O) groups excluding carboxylic acids is 1. The first-order valence-electron chi connectivity index (χ1n) is 8.78. The van der Waals surface area contributed by atoms with E-state index in [4.69, 9.17) is 0 Å². The number of aryl methyl sites for hydroxylation is 1. The molecule has 2 aliphatic rings. The van der Waals surface area contributed by atoms with Gasteiger partial charge in [-0.1, -0.05) is 6.07 Å². The highest BCUT2D eigenvalue weighted by Gasteiger charge is 2.34. The molecule has 4 rings (SSSR count). The van der Waals surface area contributed by atoms with Gasteiger partial charge < -0.3 is 4.90 Å². The summed E-state index contributed by atoms with van der Waals surface area (Å²) < 4.78 is 1.85. The lowest BCUT2D eigenvalue weighted by atomic mass is 10.1. The minimum Gasteiger partial charge on any atom is -0.334 e. The SMILES string of the molecule is Cn1cc([C@@H]2CCCN2CC(=O)N2CCC[C@H]2c2cccs2)cn1. The minimum atomic E-state index is 0.279. The fraction of sp³-hybridized carbons (Fsp3) is 0.556.